The van der Waals surface area contributed by atoms with E-state index in [9.17, 15) is 0 Å². The van der Waals surface area contributed by atoms with Gasteiger partial charge in [0.2, 0.25) is 0 Å². The molecule has 0 saturated heterocycles. The van der Waals surface area contributed by atoms with Gasteiger partial charge in [-0.25, -0.2) is 0 Å². The van der Waals surface area contributed by atoms with E-state index in [1.165, 1.54) is 78.2 Å². The number of rotatable bonds is 11. The van der Waals surface area contributed by atoms with Gasteiger partial charge in [-0.05, 0) is 160 Å². The van der Waals surface area contributed by atoms with Gasteiger partial charge in [-0.2, -0.15) is 0 Å². The third-order valence-corrected chi connectivity index (χ3v) is 11.5. The van der Waals surface area contributed by atoms with Crippen LogP contribution in [0.3, 0.4) is 0 Å². The highest BCUT2D eigenvalue weighted by Crippen LogP contribution is 2.39. The normalized spacial score (nSPS) is 12.8. The molecule has 0 bridgehead atoms. The second-order valence-corrected chi connectivity index (χ2v) is 16.3. The van der Waals surface area contributed by atoms with Gasteiger partial charge in [-0.1, -0.05) is 156 Å². The molecule has 7 aromatic carbocycles. The number of allylic oxidation sites excluding steroid dienone is 5. The van der Waals surface area contributed by atoms with Crippen molar-refractivity contribution in [1.82, 2.24) is 0 Å². The molecule has 2 nitrogen and oxygen atoms in total. The predicted octanol–water partition coefficient (Wildman–Crippen LogP) is 16.5. The Morgan fingerprint density at radius 2 is 0.717 bits per heavy atom. The molecular weight excluding hydrogens is 725 g/mol. The van der Waals surface area contributed by atoms with Crippen LogP contribution in [0.5, 0.6) is 0 Å². The summed E-state index contributed by atoms with van der Waals surface area (Å²) in [7, 11) is 0. The van der Waals surface area contributed by atoms with Gasteiger partial charge in [-0.3, -0.25) is 0 Å². The molecule has 0 heterocycles. The van der Waals surface area contributed by atoms with Gasteiger partial charge in [0.25, 0.3) is 0 Å². The Hall–Kier alpha value is -6.90. The molecule has 0 spiro atoms. The minimum absolute atomic E-state index is 1.02. The molecule has 7 aromatic rings. The van der Waals surface area contributed by atoms with Crippen molar-refractivity contribution >= 4 is 57.9 Å². The average Bonchev–Trinajstić information content (AvgIpc) is 3.26. The Morgan fingerprint density at radius 3 is 1.10 bits per heavy atom. The summed E-state index contributed by atoms with van der Waals surface area (Å²) in [5, 5.41) is 0. The summed E-state index contributed by atoms with van der Waals surface area (Å²) >= 11 is 0. The summed E-state index contributed by atoms with van der Waals surface area (Å²) in [6, 6.07) is 57.6. The lowest BCUT2D eigenvalue weighted by atomic mass is 9.92. The topological polar surface area (TPSA) is 6.48 Å². The van der Waals surface area contributed by atoms with Crippen LogP contribution in [-0.4, -0.2) is 0 Å². The zero-order valence-electron chi connectivity index (χ0n) is 35.8. The van der Waals surface area contributed by atoms with E-state index >= 15 is 0 Å². The van der Waals surface area contributed by atoms with Crippen molar-refractivity contribution in [2.45, 2.75) is 54.4 Å². The molecule has 0 N–H and O–H groups in total. The summed E-state index contributed by atoms with van der Waals surface area (Å²) in [6.45, 7) is 13.0. The lowest BCUT2D eigenvalue weighted by molar-refractivity contribution is 1.01. The summed E-state index contributed by atoms with van der Waals surface area (Å²) in [4.78, 5) is 4.70. The zero-order chi connectivity index (χ0) is 41.6. The van der Waals surface area contributed by atoms with E-state index in [2.05, 4.69) is 246 Å². The second-order valence-electron chi connectivity index (χ2n) is 16.3. The molecular formula is C58H54N2. The minimum Gasteiger partial charge on any atom is -0.310 e. The molecule has 0 saturated carbocycles. The number of anilines is 6. The fourth-order valence-corrected chi connectivity index (χ4v) is 8.06. The number of nitrogens with zero attached hydrogens (tertiary/aromatic N) is 2. The smallest absolute Gasteiger partial charge is 0.0490 e. The Labute approximate surface area is 357 Å². The largest absolute Gasteiger partial charge is 0.310 e. The molecule has 0 atom stereocenters. The van der Waals surface area contributed by atoms with Crippen LogP contribution in [0.1, 0.15) is 68.5 Å². The van der Waals surface area contributed by atoms with Crippen molar-refractivity contribution in [3.63, 3.8) is 0 Å². The van der Waals surface area contributed by atoms with Crippen LogP contribution in [-0.2, 0) is 0 Å². The lowest BCUT2D eigenvalue weighted by Gasteiger charge is -2.27. The van der Waals surface area contributed by atoms with E-state index in [-0.39, 0.29) is 0 Å². The highest BCUT2D eigenvalue weighted by molar-refractivity contribution is 5.81. The SMILES string of the molecule is Cc1ccc(N(c2ccc(C=CC3=CC=C(c4ccc(C=Cc5ccc(N(c6ccc(C)cc6)c6ccc(C)cc6C)cc5)cc4)CC3)cc2)c2ccc(C)cc2C)cc1. The van der Waals surface area contributed by atoms with Gasteiger partial charge in [0.05, 0.1) is 0 Å². The van der Waals surface area contributed by atoms with Crippen LogP contribution in [0, 0.1) is 41.5 Å². The monoisotopic (exact) mass is 778 g/mol. The maximum absolute atomic E-state index is 2.35. The first-order valence-electron chi connectivity index (χ1n) is 21.1. The van der Waals surface area contributed by atoms with E-state index in [4.69, 9.17) is 0 Å². The third kappa shape index (κ3) is 9.35. The van der Waals surface area contributed by atoms with E-state index < -0.39 is 0 Å². The molecule has 0 aliphatic heterocycles. The first kappa shape index (κ1) is 39.9. The second kappa shape index (κ2) is 17.9. The van der Waals surface area contributed by atoms with Crippen molar-refractivity contribution in [2.75, 3.05) is 9.80 Å². The molecule has 60 heavy (non-hydrogen) atoms. The molecule has 1 aliphatic rings. The van der Waals surface area contributed by atoms with E-state index in [1.54, 1.807) is 0 Å². The van der Waals surface area contributed by atoms with Crippen LogP contribution in [0.2, 0.25) is 0 Å². The van der Waals surface area contributed by atoms with Crippen LogP contribution < -0.4 is 9.80 Å². The van der Waals surface area contributed by atoms with Gasteiger partial charge in [0.1, 0.15) is 0 Å². The Kier molecular flexibility index (Phi) is 11.9. The first-order chi connectivity index (χ1) is 29.2. The third-order valence-electron chi connectivity index (χ3n) is 11.5. The predicted molar refractivity (Wildman–Crippen MR) is 260 cm³/mol. The van der Waals surface area contributed by atoms with Crippen molar-refractivity contribution in [1.29, 1.82) is 0 Å². The fraction of sp³-hybridized carbons (Fsp3) is 0.138. The molecule has 0 aromatic heterocycles. The highest BCUT2D eigenvalue weighted by Gasteiger charge is 2.16. The summed E-state index contributed by atoms with van der Waals surface area (Å²) < 4.78 is 0. The van der Waals surface area contributed by atoms with Crippen molar-refractivity contribution in [3.05, 3.63) is 237 Å². The summed E-state index contributed by atoms with van der Waals surface area (Å²) in [5.41, 5.74) is 22.2. The number of hydrogen-bond acceptors (Lipinski definition) is 2. The number of hydrogen-bond donors (Lipinski definition) is 0. The highest BCUT2D eigenvalue weighted by atomic mass is 15.1. The standard InChI is InChI=1S/C58H54N2/c1-41-7-29-53(30-8-41)59(57-37-11-43(3)39-45(57)5)55-33-21-49(22-34-55)15-13-47-17-25-51(26-18-47)52-27-19-48(20-28-52)14-16-50-23-35-56(36-24-50)60(54-31-9-42(2)10-32-54)58-38-12-44(4)40-46(58)6/h7-19,21-27,29-40H,20,28H2,1-6H3. The lowest BCUT2D eigenvalue weighted by Crippen LogP contribution is -2.11. The Balaban J connectivity index is 0.916. The van der Waals surface area contributed by atoms with Crippen LogP contribution in [0.15, 0.2) is 182 Å². The van der Waals surface area contributed by atoms with Gasteiger partial charge in [0.15, 0.2) is 0 Å². The van der Waals surface area contributed by atoms with Gasteiger partial charge in [-0.15, -0.1) is 0 Å². The van der Waals surface area contributed by atoms with Crippen LogP contribution in [0.4, 0.5) is 34.1 Å². The molecule has 0 radical (unpaired) electrons. The van der Waals surface area contributed by atoms with Crippen molar-refractivity contribution in [3.8, 4) is 0 Å². The fourth-order valence-electron chi connectivity index (χ4n) is 8.06. The maximum atomic E-state index is 2.35. The van der Waals surface area contributed by atoms with Gasteiger partial charge >= 0.3 is 0 Å². The Bertz CT molecular complexity index is 2710. The van der Waals surface area contributed by atoms with Gasteiger partial charge < -0.3 is 9.80 Å². The van der Waals surface area contributed by atoms with Crippen LogP contribution in [0.25, 0.3) is 23.8 Å². The molecule has 296 valence electrons. The zero-order valence-corrected chi connectivity index (χ0v) is 35.8. The van der Waals surface area contributed by atoms with Crippen LogP contribution >= 0.6 is 0 Å². The van der Waals surface area contributed by atoms with E-state index in [0.29, 0.717) is 0 Å². The molecule has 0 unspecified atom stereocenters. The molecule has 1 aliphatic carbocycles. The van der Waals surface area contributed by atoms with E-state index in [1.807, 2.05) is 0 Å². The summed E-state index contributed by atoms with van der Waals surface area (Å²) in [6.07, 6.45) is 15.5. The molecule has 0 fully saturated rings. The number of benzene rings is 7. The minimum atomic E-state index is 1.02. The quantitative estimate of drug-likeness (QED) is 0.121. The maximum Gasteiger partial charge on any atom is 0.0490 e. The van der Waals surface area contributed by atoms with E-state index in [0.717, 1.165) is 35.6 Å². The van der Waals surface area contributed by atoms with Crippen molar-refractivity contribution < 1.29 is 0 Å². The van der Waals surface area contributed by atoms with Gasteiger partial charge in [0, 0.05) is 34.1 Å². The van der Waals surface area contributed by atoms with Crippen molar-refractivity contribution in [2.24, 2.45) is 0 Å². The Morgan fingerprint density at radius 1 is 0.350 bits per heavy atom. The number of aryl methyl sites for hydroxylation is 6. The summed E-state index contributed by atoms with van der Waals surface area (Å²) in [5.74, 6) is 0. The first-order valence-corrected chi connectivity index (χ1v) is 21.1. The molecule has 2 heteroatoms. The molecule has 8 rings (SSSR count). The average molecular weight is 779 g/mol. The molecule has 0 amide bonds.